The Morgan fingerprint density at radius 3 is 2.79 bits per heavy atom. The fraction of sp³-hybridized carbons (Fsp3) is 0.550. The molecule has 0 unspecified atom stereocenters. The minimum Gasteiger partial charge on any atom is -0.367 e. The summed E-state index contributed by atoms with van der Waals surface area (Å²) in [7, 11) is 0. The smallest absolute Gasteiger partial charge is 0.267 e. The van der Waals surface area contributed by atoms with Gasteiger partial charge in [0.1, 0.15) is 12.1 Å². The largest absolute Gasteiger partial charge is 0.367 e. The lowest BCUT2D eigenvalue weighted by Crippen LogP contribution is -2.34. The van der Waals surface area contributed by atoms with Crippen molar-refractivity contribution in [2.75, 3.05) is 5.32 Å². The van der Waals surface area contributed by atoms with Gasteiger partial charge in [0.25, 0.3) is 11.3 Å². The molecule has 0 atom stereocenters. The lowest BCUT2D eigenvalue weighted by molar-refractivity contribution is 0.301. The van der Waals surface area contributed by atoms with Crippen molar-refractivity contribution in [3.05, 3.63) is 45.3 Å². The van der Waals surface area contributed by atoms with E-state index < -0.39 is 0 Å². The molecule has 0 spiro atoms. The van der Waals surface area contributed by atoms with Crippen molar-refractivity contribution < 1.29 is 0 Å². The average molecular weight is 379 g/mol. The van der Waals surface area contributed by atoms with E-state index in [2.05, 4.69) is 27.3 Å². The number of aromatic nitrogens is 6. The van der Waals surface area contributed by atoms with E-state index >= 15 is 0 Å². The molecule has 0 radical (unpaired) electrons. The molecule has 1 N–H and O–H groups in total. The summed E-state index contributed by atoms with van der Waals surface area (Å²) in [5, 5.41) is 12.7. The maximum atomic E-state index is 12.5. The predicted molar refractivity (Wildman–Crippen MR) is 106 cm³/mol. The Kier molecular flexibility index (Phi) is 4.14. The number of aryl methyl sites for hydroxylation is 3. The first-order valence-electron chi connectivity index (χ1n) is 10.2. The zero-order valence-corrected chi connectivity index (χ0v) is 16.4. The second kappa shape index (κ2) is 6.68. The van der Waals surface area contributed by atoms with Crippen LogP contribution in [0.4, 0.5) is 5.82 Å². The minimum atomic E-state index is 0.0574. The maximum absolute atomic E-state index is 12.5. The monoisotopic (exact) mass is 379 g/mol. The molecule has 8 nitrogen and oxygen atoms in total. The van der Waals surface area contributed by atoms with Gasteiger partial charge in [-0.05, 0) is 64.4 Å². The minimum absolute atomic E-state index is 0.0574. The van der Waals surface area contributed by atoms with Gasteiger partial charge in [-0.1, -0.05) is 0 Å². The van der Waals surface area contributed by atoms with Crippen molar-refractivity contribution >= 4 is 11.6 Å². The van der Waals surface area contributed by atoms with E-state index in [0.717, 1.165) is 73.3 Å². The second-order valence-electron chi connectivity index (χ2n) is 8.05. The van der Waals surface area contributed by atoms with Crippen LogP contribution in [-0.4, -0.2) is 35.4 Å². The Morgan fingerprint density at radius 2 is 1.96 bits per heavy atom. The summed E-state index contributed by atoms with van der Waals surface area (Å²) < 4.78 is 3.53. The summed E-state index contributed by atoms with van der Waals surface area (Å²) in [5.74, 6) is 1.59. The zero-order chi connectivity index (χ0) is 19.3. The molecule has 5 rings (SSSR count). The molecule has 3 aromatic heterocycles. The predicted octanol–water partition coefficient (Wildman–Crippen LogP) is 2.38. The molecule has 0 aliphatic heterocycles. The van der Waals surface area contributed by atoms with E-state index in [1.165, 1.54) is 6.33 Å². The molecule has 0 saturated heterocycles. The van der Waals surface area contributed by atoms with E-state index in [0.29, 0.717) is 11.8 Å². The first-order valence-corrected chi connectivity index (χ1v) is 10.2. The molecular formula is C20H25N7O. The van der Waals surface area contributed by atoms with Crippen LogP contribution in [0.5, 0.6) is 0 Å². The van der Waals surface area contributed by atoms with Gasteiger partial charge in [-0.3, -0.25) is 4.79 Å². The molecule has 8 heteroatoms. The van der Waals surface area contributed by atoms with Crippen LogP contribution in [0, 0.1) is 13.8 Å². The Morgan fingerprint density at radius 1 is 1.14 bits per heavy atom. The molecule has 2 aliphatic rings. The number of rotatable bonds is 3. The standard InChI is InChI=1S/C20H25N7O/c1-12-13(2)23-20-21-11-22-27(20)19(12)24-15-6-8-16(9-7-15)26-18(28)10-14-4-3-5-17(14)25-26/h10-11,15-16,24H,3-9H2,1-2H3. The maximum Gasteiger partial charge on any atom is 0.267 e. The molecule has 2 aliphatic carbocycles. The van der Waals surface area contributed by atoms with Gasteiger partial charge in [-0.2, -0.15) is 19.7 Å². The molecule has 1 saturated carbocycles. The van der Waals surface area contributed by atoms with Gasteiger partial charge in [-0.25, -0.2) is 9.67 Å². The van der Waals surface area contributed by atoms with E-state index in [1.807, 2.05) is 13.0 Å². The highest BCUT2D eigenvalue weighted by molar-refractivity contribution is 5.52. The SMILES string of the molecule is Cc1nc2ncnn2c(NC2CCC(n3nc4c(cc3=O)CCC4)CC2)c1C. The van der Waals surface area contributed by atoms with Crippen molar-refractivity contribution in [1.29, 1.82) is 0 Å². The van der Waals surface area contributed by atoms with E-state index in [4.69, 9.17) is 5.10 Å². The third-order valence-corrected chi connectivity index (χ3v) is 6.27. The average Bonchev–Trinajstić information content (AvgIpc) is 3.34. The number of hydrogen-bond acceptors (Lipinski definition) is 6. The van der Waals surface area contributed by atoms with Gasteiger partial charge >= 0.3 is 0 Å². The topological polar surface area (TPSA) is 90.0 Å². The highest BCUT2D eigenvalue weighted by atomic mass is 16.1. The number of nitrogens with one attached hydrogen (secondary N) is 1. The second-order valence-corrected chi connectivity index (χ2v) is 8.05. The highest BCUT2D eigenvalue weighted by Gasteiger charge is 2.26. The van der Waals surface area contributed by atoms with Gasteiger partial charge in [-0.15, -0.1) is 0 Å². The van der Waals surface area contributed by atoms with Crippen molar-refractivity contribution in [1.82, 2.24) is 29.4 Å². The van der Waals surface area contributed by atoms with Crippen molar-refractivity contribution in [3.8, 4) is 0 Å². The molecule has 0 amide bonds. The zero-order valence-electron chi connectivity index (χ0n) is 16.4. The molecular weight excluding hydrogens is 354 g/mol. The van der Waals surface area contributed by atoms with E-state index in [1.54, 1.807) is 9.20 Å². The van der Waals surface area contributed by atoms with Crippen LogP contribution < -0.4 is 10.9 Å². The first kappa shape index (κ1) is 17.3. The molecule has 3 heterocycles. The van der Waals surface area contributed by atoms with Crippen LogP contribution in [0.15, 0.2) is 17.2 Å². The van der Waals surface area contributed by atoms with Gasteiger partial charge in [0, 0.05) is 23.4 Å². The molecule has 28 heavy (non-hydrogen) atoms. The van der Waals surface area contributed by atoms with Crippen LogP contribution in [0.25, 0.3) is 5.78 Å². The van der Waals surface area contributed by atoms with Crippen LogP contribution in [0.2, 0.25) is 0 Å². The van der Waals surface area contributed by atoms with Crippen LogP contribution >= 0.6 is 0 Å². The fourth-order valence-electron chi connectivity index (χ4n) is 4.54. The fourth-order valence-corrected chi connectivity index (χ4v) is 4.54. The Labute approximate surface area is 163 Å². The van der Waals surface area contributed by atoms with Crippen LogP contribution in [-0.2, 0) is 12.8 Å². The number of fused-ring (bicyclic) bond motifs is 2. The normalized spacial score (nSPS) is 21.8. The third kappa shape index (κ3) is 2.87. The Hall–Kier alpha value is -2.77. The van der Waals surface area contributed by atoms with Crippen molar-refractivity contribution in [2.24, 2.45) is 0 Å². The lowest BCUT2D eigenvalue weighted by atomic mass is 9.91. The first-order chi connectivity index (χ1) is 13.6. The Bertz CT molecular complexity index is 1090. The van der Waals surface area contributed by atoms with Gasteiger partial charge in [0.05, 0.1) is 11.7 Å². The van der Waals surface area contributed by atoms with E-state index in [-0.39, 0.29) is 11.6 Å². The van der Waals surface area contributed by atoms with Gasteiger partial charge in [0.2, 0.25) is 0 Å². The van der Waals surface area contributed by atoms with Gasteiger partial charge in [0.15, 0.2) is 0 Å². The number of nitrogens with zero attached hydrogens (tertiary/aromatic N) is 6. The molecule has 146 valence electrons. The summed E-state index contributed by atoms with van der Waals surface area (Å²) in [6, 6.07) is 2.35. The van der Waals surface area contributed by atoms with Gasteiger partial charge < -0.3 is 5.32 Å². The summed E-state index contributed by atoms with van der Waals surface area (Å²) in [5.41, 5.74) is 4.39. The van der Waals surface area contributed by atoms with Crippen LogP contribution in [0.3, 0.4) is 0 Å². The molecule has 3 aromatic rings. The van der Waals surface area contributed by atoms with Crippen molar-refractivity contribution in [2.45, 2.75) is 70.9 Å². The molecule has 1 fully saturated rings. The number of anilines is 1. The molecule has 0 aromatic carbocycles. The third-order valence-electron chi connectivity index (χ3n) is 6.27. The summed E-state index contributed by atoms with van der Waals surface area (Å²) >= 11 is 0. The van der Waals surface area contributed by atoms with Crippen LogP contribution in [0.1, 0.15) is 60.7 Å². The molecule has 0 bridgehead atoms. The summed E-state index contributed by atoms with van der Waals surface area (Å²) in [6.07, 6.45) is 8.54. The summed E-state index contributed by atoms with van der Waals surface area (Å²) in [6.45, 7) is 4.06. The Balaban J connectivity index is 1.33. The quantitative estimate of drug-likeness (QED) is 0.751. The number of hydrogen-bond donors (Lipinski definition) is 1. The highest BCUT2D eigenvalue weighted by Crippen LogP contribution is 2.30. The lowest BCUT2D eigenvalue weighted by Gasteiger charge is -2.30. The van der Waals surface area contributed by atoms with Crippen molar-refractivity contribution in [3.63, 3.8) is 0 Å². The van der Waals surface area contributed by atoms with E-state index in [9.17, 15) is 4.79 Å². The summed E-state index contributed by atoms with van der Waals surface area (Å²) in [4.78, 5) is 21.2.